The Balaban J connectivity index is 0.838. The minimum atomic E-state index is -1.72. The Labute approximate surface area is 381 Å². The molecule has 5 aliphatic heterocycles. The molecule has 8 unspecified atom stereocenters. The summed E-state index contributed by atoms with van der Waals surface area (Å²) in [4.78, 5) is 12.2. The van der Waals surface area contributed by atoms with Crippen LogP contribution >= 0.6 is 0 Å². The minimum Gasteiger partial charge on any atom is -0.463 e. The predicted octanol–water partition coefficient (Wildman–Crippen LogP) is 1.81. The Morgan fingerprint density at radius 1 is 0.754 bits per heavy atom. The van der Waals surface area contributed by atoms with E-state index in [0.29, 0.717) is 48.3 Å². The van der Waals surface area contributed by atoms with Crippen LogP contribution in [0.2, 0.25) is 0 Å². The molecule has 5 heterocycles. The van der Waals surface area contributed by atoms with Gasteiger partial charge in [0.25, 0.3) is 0 Å². The predicted molar refractivity (Wildman–Crippen MR) is 225 cm³/mol. The van der Waals surface area contributed by atoms with E-state index >= 15 is 0 Å². The summed E-state index contributed by atoms with van der Waals surface area (Å²) in [6, 6.07) is 0. The Bertz CT molecular complexity index is 1750. The number of rotatable bonds is 10. The number of fused-ring (bicyclic) bond motifs is 7. The molecule has 5 saturated heterocycles. The molecule has 0 radical (unpaired) electrons. The number of aliphatic hydroxyl groups is 7. The van der Waals surface area contributed by atoms with Crippen molar-refractivity contribution in [2.75, 3.05) is 19.8 Å². The molecule has 17 nitrogen and oxygen atoms in total. The molecule has 0 aromatic carbocycles. The summed E-state index contributed by atoms with van der Waals surface area (Å²) < 4.78 is 55.8. The first-order valence-electron chi connectivity index (χ1n) is 24.8. The maximum Gasteiger partial charge on any atom is 0.309 e. The molecule has 0 aromatic heterocycles. The van der Waals surface area contributed by atoms with Crippen LogP contribution in [0.4, 0.5) is 0 Å². The fourth-order valence-electron chi connectivity index (χ4n) is 14.4. The van der Waals surface area contributed by atoms with Crippen LogP contribution in [0.5, 0.6) is 0 Å². The second-order valence-corrected chi connectivity index (χ2v) is 22.3. The van der Waals surface area contributed by atoms with Gasteiger partial charge in [-0.2, -0.15) is 0 Å². The maximum atomic E-state index is 12.2. The second-order valence-electron chi connectivity index (χ2n) is 22.3. The third-order valence-electron chi connectivity index (χ3n) is 18.5. The summed E-state index contributed by atoms with van der Waals surface area (Å²) in [7, 11) is 0. The number of allylic oxidation sites excluding steroid dienone is 1. The molecule has 65 heavy (non-hydrogen) atoms. The molecule has 0 aromatic rings. The zero-order valence-electron chi connectivity index (χ0n) is 38.5. The van der Waals surface area contributed by atoms with Crippen molar-refractivity contribution in [2.45, 2.75) is 209 Å². The van der Waals surface area contributed by atoms with Gasteiger partial charge in [-0.15, -0.1) is 0 Å². The first kappa shape index (κ1) is 47.3. The number of aliphatic hydroxyl groups excluding tert-OH is 7. The number of carbonyl (C=O) groups excluding carboxylic acids is 1. The molecule has 17 heteroatoms. The quantitative estimate of drug-likeness (QED) is 0.122. The molecule has 0 bridgehead atoms. The standard InChI is InChI=1S/C48H74O17/c1-21-10-15-48(58-19-21)22(2)33-30(65-48)17-29-27-9-8-25-16-26(11-13-46(25,4)28(27)12-14-47(29,33)5)60-45-41(64-43-38(54)36(52)34(50)23(3)59-43)39(55)40(31(18-49)61-45)63-44-37(53)35(51)32(62-44)20-57-42(56)24-6-7-24/h8,21-24,26-41,43-45,49-55H,6-7,9-20H2,1-5H3/t21-,22?,23+,26+,27?,28?,29?,30?,31-,32+,33?,34+,35+,36-,37-,38-,39+,40-,41-,43?,44?,45-,46+,47+,48-/m1/s1. The van der Waals surface area contributed by atoms with Crippen molar-refractivity contribution < 1.29 is 83.2 Å². The largest absolute Gasteiger partial charge is 0.463 e. The molecule has 5 aliphatic carbocycles. The lowest BCUT2D eigenvalue weighted by Crippen LogP contribution is -2.65. The van der Waals surface area contributed by atoms with Crippen molar-refractivity contribution in [1.29, 1.82) is 0 Å². The first-order chi connectivity index (χ1) is 31.0. The lowest BCUT2D eigenvalue weighted by Gasteiger charge is -2.58. The number of hydrogen-bond donors (Lipinski definition) is 7. The highest BCUT2D eigenvalue weighted by atomic mass is 16.8. The summed E-state index contributed by atoms with van der Waals surface area (Å²) in [5.74, 6) is 2.00. The van der Waals surface area contributed by atoms with E-state index in [1.54, 1.807) is 0 Å². The van der Waals surface area contributed by atoms with Gasteiger partial charge in [-0.25, -0.2) is 0 Å². The topological polar surface area (TPSA) is 242 Å². The summed E-state index contributed by atoms with van der Waals surface area (Å²) in [5, 5.41) is 76.5. The van der Waals surface area contributed by atoms with Crippen LogP contribution in [0.25, 0.3) is 0 Å². The minimum absolute atomic E-state index is 0.0263. The van der Waals surface area contributed by atoms with Gasteiger partial charge in [-0.05, 0) is 112 Å². The molecular weight excluding hydrogens is 849 g/mol. The van der Waals surface area contributed by atoms with Crippen molar-refractivity contribution in [3.8, 4) is 0 Å². The zero-order valence-corrected chi connectivity index (χ0v) is 38.5. The number of carbonyl (C=O) groups is 1. The van der Waals surface area contributed by atoms with Crippen molar-refractivity contribution in [3.05, 3.63) is 11.6 Å². The van der Waals surface area contributed by atoms with E-state index in [1.165, 1.54) is 12.5 Å². The van der Waals surface area contributed by atoms with Crippen LogP contribution in [0.3, 0.4) is 0 Å². The average Bonchev–Trinajstić information content (AvgIpc) is 3.99. The molecular formula is C48H74O17. The van der Waals surface area contributed by atoms with Gasteiger partial charge in [0.15, 0.2) is 24.7 Å². The summed E-state index contributed by atoms with van der Waals surface area (Å²) in [5.41, 5.74) is 1.51. The Kier molecular flexibility index (Phi) is 12.9. The van der Waals surface area contributed by atoms with E-state index in [4.69, 9.17) is 42.6 Å². The normalized spacial score (nSPS) is 55.2. The molecule has 25 atom stereocenters. The lowest BCUT2D eigenvalue weighted by atomic mass is 9.47. The Morgan fingerprint density at radius 3 is 2.20 bits per heavy atom. The second kappa shape index (κ2) is 17.8. The van der Waals surface area contributed by atoms with Crippen LogP contribution in [-0.2, 0) is 47.4 Å². The van der Waals surface area contributed by atoms with E-state index < -0.39 is 104 Å². The maximum absolute atomic E-state index is 12.2. The van der Waals surface area contributed by atoms with Crippen LogP contribution in [0.15, 0.2) is 11.6 Å². The highest BCUT2D eigenvalue weighted by Gasteiger charge is 2.69. The van der Waals surface area contributed by atoms with Gasteiger partial charge in [0, 0.05) is 12.3 Å². The monoisotopic (exact) mass is 922 g/mol. The summed E-state index contributed by atoms with van der Waals surface area (Å²) in [6.07, 6.45) is -7.67. The molecule has 1 spiro atoms. The van der Waals surface area contributed by atoms with Crippen LogP contribution in [-0.4, -0.2) is 166 Å². The molecule has 10 aliphatic rings. The van der Waals surface area contributed by atoms with Crippen LogP contribution < -0.4 is 0 Å². The first-order valence-corrected chi connectivity index (χ1v) is 24.8. The molecule has 0 amide bonds. The van der Waals surface area contributed by atoms with Gasteiger partial charge in [0.1, 0.15) is 67.6 Å². The van der Waals surface area contributed by atoms with Gasteiger partial charge in [-0.3, -0.25) is 4.79 Å². The van der Waals surface area contributed by atoms with Gasteiger partial charge in [0.2, 0.25) is 0 Å². The zero-order chi connectivity index (χ0) is 45.9. The van der Waals surface area contributed by atoms with Gasteiger partial charge >= 0.3 is 5.97 Å². The Hall–Kier alpha value is -1.39. The van der Waals surface area contributed by atoms with E-state index in [0.717, 1.165) is 64.4 Å². The number of hydrogen-bond acceptors (Lipinski definition) is 17. The smallest absolute Gasteiger partial charge is 0.309 e. The summed E-state index contributed by atoms with van der Waals surface area (Å²) >= 11 is 0. The van der Waals surface area contributed by atoms with Crippen molar-refractivity contribution in [3.63, 3.8) is 0 Å². The molecule has 4 saturated carbocycles. The highest BCUT2D eigenvalue weighted by Crippen LogP contribution is 2.70. The van der Waals surface area contributed by atoms with Crippen LogP contribution in [0, 0.1) is 52.3 Å². The van der Waals surface area contributed by atoms with E-state index in [1.807, 2.05) is 0 Å². The Morgan fingerprint density at radius 2 is 1.48 bits per heavy atom. The molecule has 10 rings (SSSR count). The fraction of sp³-hybridized carbons (Fsp3) is 0.938. The molecule has 368 valence electrons. The number of ether oxygens (including phenoxy) is 9. The lowest BCUT2D eigenvalue weighted by molar-refractivity contribution is -0.380. The van der Waals surface area contributed by atoms with Gasteiger partial charge in [-0.1, -0.05) is 39.3 Å². The van der Waals surface area contributed by atoms with Crippen molar-refractivity contribution in [2.24, 2.45) is 52.3 Å². The highest BCUT2D eigenvalue weighted by molar-refractivity contribution is 5.74. The van der Waals surface area contributed by atoms with Crippen LogP contribution in [0.1, 0.15) is 105 Å². The fourth-order valence-corrected chi connectivity index (χ4v) is 14.4. The van der Waals surface area contributed by atoms with E-state index in [2.05, 4.69) is 33.8 Å². The third kappa shape index (κ3) is 8.09. The third-order valence-corrected chi connectivity index (χ3v) is 18.5. The number of esters is 1. The summed E-state index contributed by atoms with van der Waals surface area (Å²) in [6.45, 7) is 10.9. The molecule has 7 N–H and O–H groups in total. The van der Waals surface area contributed by atoms with Gasteiger partial charge in [0.05, 0.1) is 37.4 Å². The van der Waals surface area contributed by atoms with Crippen molar-refractivity contribution in [1.82, 2.24) is 0 Å². The average molecular weight is 923 g/mol. The van der Waals surface area contributed by atoms with E-state index in [9.17, 15) is 40.5 Å². The van der Waals surface area contributed by atoms with E-state index in [-0.39, 0.29) is 35.6 Å². The molecule has 9 fully saturated rings. The van der Waals surface area contributed by atoms with Gasteiger partial charge < -0.3 is 78.4 Å². The SMILES string of the molecule is CC1C2C(CC3C4CC=C5C[C@@H](O[C@@H]6O[C@H](CO)[C@@H](OC7O[C@@H](COC(=O)C8CC8)[C@H](O)[C@H]7O)[C@H](O)[C@H]6OC6O[C@@H](C)[C@H](O)[C@@H](O)[C@H]6O)CC[C@]5(C)C4CC[C@@]32C)O[C@]12CC[C@@H](C)CO2. The van der Waals surface area contributed by atoms with Crippen molar-refractivity contribution >= 4 is 5.97 Å².